The lowest BCUT2D eigenvalue weighted by molar-refractivity contribution is -0.143. The standard InChI is InChI=1S/C14H11F6NO2S/c1-2-3-24(22,23)12(8-21)6-9-4-10(13(15,16)17)7-11(5-9)14(18,19)20/h4-7H,2-3H2,1H3/b12-6+. The van der Waals surface area contributed by atoms with Crippen LogP contribution >= 0.6 is 0 Å². The molecule has 0 heterocycles. The third kappa shape index (κ3) is 4.99. The highest BCUT2D eigenvalue weighted by Crippen LogP contribution is 2.36. The van der Waals surface area contributed by atoms with Gasteiger partial charge in [0.25, 0.3) is 0 Å². The van der Waals surface area contributed by atoms with E-state index in [1.165, 1.54) is 13.0 Å². The van der Waals surface area contributed by atoms with Gasteiger partial charge in [-0.2, -0.15) is 31.6 Å². The molecule has 0 fully saturated rings. The van der Waals surface area contributed by atoms with Crippen LogP contribution in [0.2, 0.25) is 0 Å². The van der Waals surface area contributed by atoms with Gasteiger partial charge in [0, 0.05) is 0 Å². The van der Waals surface area contributed by atoms with Gasteiger partial charge < -0.3 is 0 Å². The maximum absolute atomic E-state index is 12.7. The molecule has 0 aliphatic carbocycles. The van der Waals surface area contributed by atoms with Crippen LogP contribution in [0.25, 0.3) is 6.08 Å². The number of benzene rings is 1. The first-order valence-corrected chi connectivity index (χ1v) is 8.10. The van der Waals surface area contributed by atoms with Crippen molar-refractivity contribution in [3.8, 4) is 6.07 Å². The summed E-state index contributed by atoms with van der Waals surface area (Å²) in [6.45, 7) is 1.50. The Morgan fingerprint density at radius 2 is 1.54 bits per heavy atom. The quantitative estimate of drug-likeness (QED) is 0.582. The summed E-state index contributed by atoms with van der Waals surface area (Å²) in [5.41, 5.74) is -3.85. The van der Waals surface area contributed by atoms with E-state index in [0.29, 0.717) is 18.2 Å². The van der Waals surface area contributed by atoms with Gasteiger partial charge in [0.15, 0.2) is 9.84 Å². The van der Waals surface area contributed by atoms with Crippen molar-refractivity contribution in [2.24, 2.45) is 0 Å². The Morgan fingerprint density at radius 1 is 1.08 bits per heavy atom. The van der Waals surface area contributed by atoms with Gasteiger partial charge in [0.05, 0.1) is 16.9 Å². The summed E-state index contributed by atoms with van der Waals surface area (Å²) in [5, 5.41) is 8.87. The van der Waals surface area contributed by atoms with E-state index in [9.17, 15) is 34.8 Å². The van der Waals surface area contributed by atoms with Gasteiger partial charge in [-0.1, -0.05) is 6.92 Å². The number of nitrogens with zero attached hydrogens (tertiary/aromatic N) is 1. The van der Waals surface area contributed by atoms with E-state index in [-0.39, 0.29) is 12.5 Å². The molecule has 1 rings (SSSR count). The van der Waals surface area contributed by atoms with Crippen molar-refractivity contribution >= 4 is 15.9 Å². The number of hydrogen-bond donors (Lipinski definition) is 0. The fourth-order valence-corrected chi connectivity index (χ4v) is 3.00. The second kappa shape index (κ2) is 6.84. The first kappa shape index (κ1) is 20.0. The van der Waals surface area contributed by atoms with Crippen LogP contribution in [0.3, 0.4) is 0 Å². The van der Waals surface area contributed by atoms with E-state index in [1.54, 1.807) is 0 Å². The molecular formula is C14H11F6NO2S. The smallest absolute Gasteiger partial charge is 0.223 e. The summed E-state index contributed by atoms with van der Waals surface area (Å²) >= 11 is 0. The summed E-state index contributed by atoms with van der Waals surface area (Å²) in [6.07, 6.45) is -9.47. The molecule has 0 saturated carbocycles. The first-order valence-electron chi connectivity index (χ1n) is 6.45. The molecule has 1 aromatic rings. The zero-order valence-corrected chi connectivity index (χ0v) is 13.0. The number of rotatable bonds is 4. The largest absolute Gasteiger partial charge is 0.416 e. The topological polar surface area (TPSA) is 57.9 Å². The Labute approximate surface area is 134 Å². The molecule has 0 N–H and O–H groups in total. The first-order chi connectivity index (χ1) is 10.8. The molecule has 10 heteroatoms. The fraction of sp³-hybridized carbons (Fsp3) is 0.357. The fourth-order valence-electron chi connectivity index (χ4n) is 1.78. The van der Waals surface area contributed by atoms with E-state index in [1.807, 2.05) is 0 Å². The molecule has 3 nitrogen and oxygen atoms in total. The minimum atomic E-state index is -5.06. The second-order valence-corrected chi connectivity index (χ2v) is 6.86. The van der Waals surface area contributed by atoms with Crippen molar-refractivity contribution in [3.63, 3.8) is 0 Å². The average molecular weight is 371 g/mol. The molecule has 0 aliphatic rings. The summed E-state index contributed by atoms with van der Waals surface area (Å²) in [7, 11) is -4.08. The Morgan fingerprint density at radius 3 is 1.88 bits per heavy atom. The van der Waals surface area contributed by atoms with Gasteiger partial charge in [-0.15, -0.1) is 0 Å². The minimum absolute atomic E-state index is 0.0794. The van der Waals surface area contributed by atoms with Crippen LogP contribution in [0.5, 0.6) is 0 Å². The number of halogens is 6. The average Bonchev–Trinajstić information content (AvgIpc) is 2.42. The third-order valence-electron chi connectivity index (χ3n) is 2.83. The maximum atomic E-state index is 12.7. The summed E-state index contributed by atoms with van der Waals surface area (Å²) < 4.78 is 100. The summed E-state index contributed by atoms with van der Waals surface area (Å²) in [6, 6.07) is 1.93. The Balaban J connectivity index is 3.59. The van der Waals surface area contributed by atoms with Crippen LogP contribution in [0, 0.1) is 11.3 Å². The van der Waals surface area contributed by atoms with Crippen LogP contribution in [-0.4, -0.2) is 14.2 Å². The number of allylic oxidation sites excluding steroid dienone is 1. The number of alkyl halides is 6. The SMILES string of the molecule is CCCS(=O)(=O)/C(C#N)=C/c1cc(C(F)(F)F)cc(C(F)(F)F)c1. The highest BCUT2D eigenvalue weighted by molar-refractivity contribution is 7.95. The van der Waals surface area contributed by atoms with Crippen molar-refractivity contribution in [1.82, 2.24) is 0 Å². The van der Waals surface area contributed by atoms with Gasteiger partial charge in [-0.3, -0.25) is 0 Å². The van der Waals surface area contributed by atoms with Crippen LogP contribution < -0.4 is 0 Å². The van der Waals surface area contributed by atoms with Crippen molar-refractivity contribution < 1.29 is 34.8 Å². The highest BCUT2D eigenvalue weighted by atomic mass is 32.2. The lowest BCUT2D eigenvalue weighted by Crippen LogP contribution is -2.11. The number of hydrogen-bond acceptors (Lipinski definition) is 3. The summed E-state index contributed by atoms with van der Waals surface area (Å²) in [5.74, 6) is -0.447. The van der Waals surface area contributed by atoms with Gasteiger partial charge in [0.1, 0.15) is 11.0 Å². The number of sulfone groups is 1. The van der Waals surface area contributed by atoms with Crippen LogP contribution in [-0.2, 0) is 22.2 Å². The van der Waals surface area contributed by atoms with E-state index in [2.05, 4.69) is 0 Å². The van der Waals surface area contributed by atoms with Crippen molar-refractivity contribution in [3.05, 3.63) is 39.8 Å². The Kier molecular flexibility index (Phi) is 5.71. The molecule has 0 atom stereocenters. The lowest BCUT2D eigenvalue weighted by atomic mass is 10.0. The summed E-state index contributed by atoms with van der Waals surface area (Å²) in [4.78, 5) is -0.892. The molecular weight excluding hydrogens is 360 g/mol. The zero-order valence-electron chi connectivity index (χ0n) is 12.2. The minimum Gasteiger partial charge on any atom is -0.223 e. The molecule has 1 aromatic carbocycles. The lowest BCUT2D eigenvalue weighted by Gasteiger charge is -2.13. The highest BCUT2D eigenvalue weighted by Gasteiger charge is 2.36. The van der Waals surface area contributed by atoms with E-state index in [4.69, 9.17) is 5.26 Å². The van der Waals surface area contributed by atoms with Gasteiger partial charge >= 0.3 is 12.4 Å². The van der Waals surface area contributed by atoms with E-state index < -0.39 is 49.5 Å². The van der Waals surface area contributed by atoms with Crippen LogP contribution in [0.1, 0.15) is 30.0 Å². The van der Waals surface area contributed by atoms with Gasteiger partial charge in [-0.25, -0.2) is 8.42 Å². The predicted octanol–water partition coefficient (Wildman–Crippen LogP) is 4.41. The Bertz CT molecular complexity index is 753. The third-order valence-corrected chi connectivity index (χ3v) is 4.65. The van der Waals surface area contributed by atoms with Crippen molar-refractivity contribution in [1.29, 1.82) is 5.26 Å². The molecule has 132 valence electrons. The predicted molar refractivity (Wildman–Crippen MR) is 74.1 cm³/mol. The molecule has 0 amide bonds. The molecule has 0 bridgehead atoms. The molecule has 0 saturated heterocycles. The van der Waals surface area contributed by atoms with E-state index in [0.717, 1.165) is 0 Å². The van der Waals surface area contributed by atoms with Crippen LogP contribution in [0.15, 0.2) is 23.1 Å². The monoisotopic (exact) mass is 371 g/mol. The van der Waals surface area contributed by atoms with Crippen molar-refractivity contribution in [2.75, 3.05) is 5.75 Å². The van der Waals surface area contributed by atoms with E-state index >= 15 is 0 Å². The Hall–Kier alpha value is -2.02. The number of nitriles is 1. The second-order valence-electron chi connectivity index (χ2n) is 4.78. The normalized spacial score (nSPS) is 13.7. The molecule has 0 spiro atoms. The zero-order chi connectivity index (χ0) is 18.8. The molecule has 24 heavy (non-hydrogen) atoms. The molecule has 0 aliphatic heterocycles. The molecule has 0 unspecified atom stereocenters. The molecule has 0 radical (unpaired) electrons. The van der Waals surface area contributed by atoms with Gasteiger partial charge in [-0.05, 0) is 36.3 Å². The molecule has 0 aromatic heterocycles. The maximum Gasteiger partial charge on any atom is 0.416 e. The van der Waals surface area contributed by atoms with Gasteiger partial charge in [0.2, 0.25) is 0 Å². The van der Waals surface area contributed by atoms with Crippen molar-refractivity contribution in [2.45, 2.75) is 25.7 Å². The van der Waals surface area contributed by atoms with Crippen LogP contribution in [0.4, 0.5) is 26.3 Å².